The van der Waals surface area contributed by atoms with Crippen LogP contribution < -0.4 is 48.3 Å². The van der Waals surface area contributed by atoms with E-state index in [1.54, 1.807) is 15.6 Å². The molecule has 476 valence electrons. The summed E-state index contributed by atoms with van der Waals surface area (Å²) in [6.45, 7) is 59.1. The highest BCUT2D eigenvalue weighted by Crippen LogP contribution is 2.32. The smallest absolute Gasteiger partial charge is 0.392 e. The lowest BCUT2D eigenvalue weighted by Gasteiger charge is -2.38. The number of anilines is 3. The molecular weight excluding hydrogens is 1070 g/mol. The lowest BCUT2D eigenvalue weighted by Crippen LogP contribution is -2.52. The van der Waals surface area contributed by atoms with Crippen molar-refractivity contribution in [2.75, 3.05) is 55.7 Å². The molecule has 1 aliphatic carbocycles. The molecule has 9 heterocycles. The number of aromatic nitrogens is 6. The maximum absolute atomic E-state index is 5.82. The number of hydrogen-bond donors (Lipinski definition) is 2. The third kappa shape index (κ3) is 18.0. The molecule has 2 N–H and O–H groups in total. The first-order chi connectivity index (χ1) is 39.9. The summed E-state index contributed by atoms with van der Waals surface area (Å²) in [6, 6.07) is 18.6. The number of pyridine rings is 3. The maximum Gasteiger partial charge on any atom is 0.392 e. The third-order valence-electron chi connectivity index (χ3n) is 18.0. The number of rotatable bonds is 12. The molecule has 0 saturated heterocycles. The average Bonchev–Trinajstić information content (AvgIpc) is 3.10. The topological polar surface area (TPSA) is 67.3 Å². The minimum atomic E-state index is 0.432. The van der Waals surface area contributed by atoms with Crippen molar-refractivity contribution < 1.29 is 32.1 Å². The van der Waals surface area contributed by atoms with Crippen molar-refractivity contribution in [2.45, 2.75) is 290 Å². The molecule has 0 amide bonds. The van der Waals surface area contributed by atoms with Crippen molar-refractivity contribution in [1.29, 1.82) is 0 Å². The van der Waals surface area contributed by atoms with E-state index in [1.807, 2.05) is 11.3 Å². The number of thiazole rings is 1. The van der Waals surface area contributed by atoms with Crippen LogP contribution in [-0.2, 0) is 38.6 Å². The molecule has 0 fully saturated rings. The van der Waals surface area contributed by atoms with Crippen LogP contribution in [0.25, 0.3) is 0 Å². The Balaban J connectivity index is 0.000000188. The summed E-state index contributed by atoms with van der Waals surface area (Å²) in [6.07, 6.45) is 17.6. The van der Waals surface area contributed by atoms with Gasteiger partial charge in [-0.15, -0.1) is 0 Å². The van der Waals surface area contributed by atoms with E-state index in [0.29, 0.717) is 60.2 Å². The summed E-state index contributed by atoms with van der Waals surface area (Å²) in [5, 5.41) is 6.15. The van der Waals surface area contributed by atoms with Gasteiger partial charge in [-0.3, -0.25) is 0 Å². The van der Waals surface area contributed by atoms with Gasteiger partial charge in [0.1, 0.15) is 29.9 Å². The van der Waals surface area contributed by atoms with Crippen LogP contribution in [0.15, 0.2) is 61.2 Å². The van der Waals surface area contributed by atoms with E-state index in [0.717, 1.165) is 61.5 Å². The van der Waals surface area contributed by atoms with Gasteiger partial charge in [0, 0.05) is 80.5 Å². The second-order valence-corrected chi connectivity index (χ2v) is 29.4. The Hall–Kier alpha value is -4.63. The number of fused-ring (bicyclic) bond motifs is 5. The largest absolute Gasteiger partial charge is 0.441 e. The lowest BCUT2D eigenvalue weighted by molar-refractivity contribution is -0.931. The number of nitrogens with one attached hydrogen (secondary N) is 2. The van der Waals surface area contributed by atoms with Crippen LogP contribution in [0.1, 0.15) is 260 Å². The zero-order valence-corrected chi connectivity index (χ0v) is 59.8. The van der Waals surface area contributed by atoms with Crippen LogP contribution in [0.5, 0.6) is 5.88 Å². The molecule has 0 saturated carbocycles. The summed E-state index contributed by atoms with van der Waals surface area (Å²) in [5.41, 5.74) is 16.8. The number of imidazole rings is 1. The second kappa shape index (κ2) is 32.0. The Morgan fingerprint density at radius 1 is 0.529 bits per heavy atom. The van der Waals surface area contributed by atoms with Gasteiger partial charge in [0.05, 0.1) is 56.6 Å². The van der Waals surface area contributed by atoms with E-state index >= 15 is 0 Å². The molecule has 14 heteroatoms. The van der Waals surface area contributed by atoms with Gasteiger partial charge < -0.3 is 24.6 Å². The van der Waals surface area contributed by atoms with E-state index < -0.39 is 0 Å². The quantitative estimate of drug-likeness (QED) is 0.0958. The van der Waals surface area contributed by atoms with Gasteiger partial charge in [-0.2, -0.15) is 18.3 Å². The van der Waals surface area contributed by atoms with Crippen molar-refractivity contribution in [1.82, 2.24) is 15.0 Å². The van der Waals surface area contributed by atoms with Crippen LogP contribution in [-0.4, -0.2) is 84.6 Å². The molecule has 5 aromatic heterocycles. The molecule has 13 nitrogen and oxygen atoms in total. The predicted molar refractivity (Wildman–Crippen MR) is 358 cm³/mol. The third-order valence-corrected chi connectivity index (χ3v) is 19.5. The highest BCUT2D eigenvalue weighted by molar-refractivity contribution is 7.11. The van der Waals surface area contributed by atoms with E-state index in [4.69, 9.17) is 4.74 Å². The molecule has 4 aliphatic heterocycles. The standard InChI is InChI=1S/2C13H22N3.C13H21N2O.C12H21N2.C12H20NS.C8H20N/c1-10(2)15-9-5-6-13-12(15)7-8-14-16(13)11(3)4;1-10(2)15-8-5-6-12-13(15)7-9-16(14-12)11(3)4;1-10(2)14-8-9-16-13-12(14)6-5-7-15(13)11(3)4;1-9(2)11-8-14(10(3)4)12-6-5-7-13(11)12;1-8(2)12-13(9(3)4)10-6-5-7-11(10)14-12;1-7(2)9(5,6)8(3)4/h5-6,9-11,14H,7-8H2,1-4H3;5-6,8,10-11,14H,7,9H2,1-4H3;5-7,10-11H,8-9H2,1-4H3;8-10H,5-7H2,1-4H3;8-9H,5-7H2,1-4H3;7-8H,1-6H3/q6*+1. The first-order valence-corrected chi connectivity index (χ1v) is 34.3. The van der Waals surface area contributed by atoms with Crippen LogP contribution in [0, 0.1) is 0 Å². The minimum absolute atomic E-state index is 0.432. The average molecular weight is 1200 g/mol. The van der Waals surface area contributed by atoms with Gasteiger partial charge in [0.25, 0.3) is 5.82 Å². The Morgan fingerprint density at radius 3 is 1.62 bits per heavy atom. The van der Waals surface area contributed by atoms with E-state index in [1.165, 1.54) is 78.6 Å². The monoisotopic (exact) mass is 1190 g/mol. The molecule has 5 aromatic rings. The van der Waals surface area contributed by atoms with Gasteiger partial charge >= 0.3 is 5.88 Å². The summed E-state index contributed by atoms with van der Waals surface area (Å²) < 4.78 is 21.4. The molecule has 0 bridgehead atoms. The van der Waals surface area contributed by atoms with Gasteiger partial charge in [0.15, 0.2) is 54.1 Å². The van der Waals surface area contributed by atoms with Gasteiger partial charge in [-0.25, -0.2) is 19.6 Å². The van der Waals surface area contributed by atoms with Crippen LogP contribution in [0.3, 0.4) is 0 Å². The maximum atomic E-state index is 5.82. The van der Waals surface area contributed by atoms with Gasteiger partial charge in [-0.1, -0.05) is 39.0 Å². The molecule has 0 aromatic carbocycles. The van der Waals surface area contributed by atoms with Crippen molar-refractivity contribution in [3.63, 3.8) is 0 Å². The second-order valence-electron chi connectivity index (χ2n) is 28.3. The van der Waals surface area contributed by atoms with E-state index in [2.05, 4.69) is 295 Å². The first-order valence-electron chi connectivity index (χ1n) is 33.5. The van der Waals surface area contributed by atoms with Gasteiger partial charge in [0.2, 0.25) is 16.4 Å². The van der Waals surface area contributed by atoms with Crippen molar-refractivity contribution in [3.8, 4) is 5.88 Å². The molecule has 0 radical (unpaired) electrons. The van der Waals surface area contributed by atoms with Crippen LogP contribution in [0.4, 0.5) is 17.1 Å². The van der Waals surface area contributed by atoms with E-state index in [9.17, 15) is 0 Å². The molecular formula is C71H126N12OS+6. The Morgan fingerprint density at radius 2 is 1.11 bits per heavy atom. The summed E-state index contributed by atoms with van der Waals surface area (Å²) in [7, 11) is 4.55. The fourth-order valence-corrected chi connectivity index (χ4v) is 13.6. The number of hydrogen-bond acceptors (Lipinski definition) is 7. The van der Waals surface area contributed by atoms with Crippen LogP contribution >= 0.6 is 11.3 Å². The Labute approximate surface area is 524 Å². The lowest BCUT2D eigenvalue weighted by atomic mass is 10.1. The molecule has 10 rings (SSSR count). The summed E-state index contributed by atoms with van der Waals surface area (Å²) in [5.74, 6) is 3.86. The number of ether oxygens (including phenoxy) is 1. The summed E-state index contributed by atoms with van der Waals surface area (Å²) in [4.78, 5) is 4.06. The Kier molecular flexibility index (Phi) is 26.8. The molecule has 0 atom stereocenters. The Bertz CT molecular complexity index is 2720. The fraction of sp³-hybridized carbons (Fsp3) is 0.704. The molecule has 5 aliphatic rings. The van der Waals surface area contributed by atoms with E-state index in [-0.39, 0.29) is 0 Å². The highest BCUT2D eigenvalue weighted by Gasteiger charge is 2.35. The molecule has 0 unspecified atom stereocenters. The first kappa shape index (κ1) is 71.1. The SMILES string of the molecule is CC(C)N1CCOc2c1ccc[n+]2C(C)C.CC(C)N1CCc2c(ccc[n+]2C(C)C)N1.CC(C)N1NCCc2c1ccc[n+]2C(C)C.CC(C)[N+](C)(C)C(C)C.CC(C)c1c[n+](C(C)C)c2n1CCC2.CC(C)c1sc2c([n+]1C(C)C)CCC2. The number of quaternary nitrogens is 1. The minimum Gasteiger partial charge on any atom is -0.441 e. The zero-order chi connectivity index (χ0) is 63.4. The van der Waals surface area contributed by atoms with Crippen molar-refractivity contribution >= 4 is 28.4 Å². The van der Waals surface area contributed by atoms with Crippen molar-refractivity contribution in [2.24, 2.45) is 0 Å². The number of hydrazine groups is 2. The number of nitrogens with zero attached hydrogens (tertiary/aromatic N) is 10. The highest BCUT2D eigenvalue weighted by atomic mass is 32.1. The normalized spacial score (nSPS) is 15.5. The fourth-order valence-electron chi connectivity index (χ4n) is 12.1. The number of aryl methyl sites for hydroxylation is 1. The molecule has 85 heavy (non-hydrogen) atoms. The van der Waals surface area contributed by atoms with Crippen molar-refractivity contribution in [3.05, 3.63) is 99.7 Å². The molecule has 0 spiro atoms. The van der Waals surface area contributed by atoms with Gasteiger partial charge in [-0.05, 0) is 176 Å². The summed E-state index contributed by atoms with van der Waals surface area (Å²) >= 11 is 2.05. The van der Waals surface area contributed by atoms with Crippen LogP contribution in [0.2, 0.25) is 0 Å². The predicted octanol–water partition coefficient (Wildman–Crippen LogP) is 13.7. The zero-order valence-electron chi connectivity index (χ0n) is 59.0.